The summed E-state index contributed by atoms with van der Waals surface area (Å²) in [5.41, 5.74) is 0.797. The van der Waals surface area contributed by atoms with Crippen LogP contribution in [-0.4, -0.2) is 20.3 Å². The molecule has 0 saturated heterocycles. The lowest BCUT2D eigenvalue weighted by Crippen LogP contribution is -2.28. The Morgan fingerprint density at radius 2 is 2.24 bits per heavy atom. The predicted molar refractivity (Wildman–Crippen MR) is 76.8 cm³/mol. The molecular formula is C10H15BrClNO2S2. The van der Waals surface area contributed by atoms with Gasteiger partial charge in [-0.25, -0.2) is 13.1 Å². The number of aryl methyl sites for hydroxylation is 1. The molecule has 0 aromatic carbocycles. The van der Waals surface area contributed by atoms with E-state index < -0.39 is 10.0 Å². The number of sulfonamides is 1. The molecule has 0 spiro atoms. The third-order valence-electron chi connectivity index (χ3n) is 2.32. The van der Waals surface area contributed by atoms with Gasteiger partial charge in [0, 0.05) is 11.9 Å². The summed E-state index contributed by atoms with van der Waals surface area (Å²) in [7, 11) is -3.41. The molecule has 1 aromatic rings. The summed E-state index contributed by atoms with van der Waals surface area (Å²) in [5.74, 6) is 0.306. The molecule has 0 bridgehead atoms. The summed E-state index contributed by atoms with van der Waals surface area (Å²) in [6.45, 7) is 4.25. The fraction of sp³-hybridized carbons (Fsp3) is 0.600. The normalized spacial score (nSPS) is 13.9. The molecule has 0 aliphatic heterocycles. The van der Waals surface area contributed by atoms with Gasteiger partial charge in [-0.2, -0.15) is 0 Å². The highest BCUT2D eigenvalue weighted by Crippen LogP contribution is 2.29. The van der Waals surface area contributed by atoms with E-state index in [1.54, 1.807) is 13.0 Å². The molecule has 98 valence electrons. The van der Waals surface area contributed by atoms with Crippen molar-refractivity contribution in [3.63, 3.8) is 0 Å². The topological polar surface area (TPSA) is 46.2 Å². The highest BCUT2D eigenvalue weighted by atomic mass is 79.9. The standard InChI is InChI=1S/C10H15BrClNO2S2/c1-7(3-4-11)6-13-17(14,15)9-5-8(2)10(12)16-9/h5,7,13H,3-4,6H2,1-2H3. The van der Waals surface area contributed by atoms with Crippen molar-refractivity contribution >= 4 is 48.9 Å². The Hall–Kier alpha value is 0.380. The molecular weight excluding hydrogens is 346 g/mol. The van der Waals surface area contributed by atoms with Gasteiger partial charge in [0.05, 0.1) is 4.34 Å². The summed E-state index contributed by atoms with van der Waals surface area (Å²) in [5, 5.41) is 0.875. The zero-order valence-electron chi connectivity index (χ0n) is 9.66. The first-order chi connectivity index (χ1) is 7.86. The van der Waals surface area contributed by atoms with Crippen LogP contribution in [0.4, 0.5) is 0 Å². The van der Waals surface area contributed by atoms with Crippen LogP contribution in [0.3, 0.4) is 0 Å². The van der Waals surface area contributed by atoms with Gasteiger partial charge in [0.15, 0.2) is 0 Å². The van der Waals surface area contributed by atoms with Crippen molar-refractivity contribution in [1.82, 2.24) is 4.72 Å². The summed E-state index contributed by atoms with van der Waals surface area (Å²) in [6.07, 6.45) is 0.937. The summed E-state index contributed by atoms with van der Waals surface area (Å²) < 4.78 is 27.3. The maximum absolute atomic E-state index is 11.9. The third-order valence-corrected chi connectivity index (χ3v) is 6.23. The second kappa shape index (κ2) is 6.52. The number of nitrogens with one attached hydrogen (secondary N) is 1. The smallest absolute Gasteiger partial charge is 0.210 e. The van der Waals surface area contributed by atoms with Gasteiger partial charge in [-0.1, -0.05) is 34.5 Å². The maximum atomic E-state index is 11.9. The summed E-state index contributed by atoms with van der Waals surface area (Å²) in [6, 6.07) is 1.60. The van der Waals surface area contributed by atoms with Crippen LogP contribution < -0.4 is 4.72 Å². The van der Waals surface area contributed by atoms with Crippen LogP contribution in [0.5, 0.6) is 0 Å². The molecule has 0 aliphatic rings. The lowest BCUT2D eigenvalue weighted by molar-refractivity contribution is 0.533. The summed E-state index contributed by atoms with van der Waals surface area (Å²) in [4.78, 5) is 0. The Balaban J connectivity index is 2.69. The van der Waals surface area contributed by atoms with E-state index in [2.05, 4.69) is 20.7 Å². The Kier molecular flexibility index (Phi) is 5.92. The van der Waals surface area contributed by atoms with E-state index in [0.717, 1.165) is 28.7 Å². The average molecular weight is 361 g/mol. The van der Waals surface area contributed by atoms with Crippen LogP contribution in [0, 0.1) is 12.8 Å². The number of rotatable bonds is 6. The molecule has 1 aromatic heterocycles. The lowest BCUT2D eigenvalue weighted by atomic mass is 10.1. The molecule has 1 heterocycles. The summed E-state index contributed by atoms with van der Waals surface area (Å²) >= 11 is 10.3. The minimum atomic E-state index is -3.41. The molecule has 1 rings (SSSR count). The maximum Gasteiger partial charge on any atom is 0.250 e. The molecule has 17 heavy (non-hydrogen) atoms. The predicted octanol–water partition coefficient (Wildman–Crippen LogP) is 3.41. The second-order valence-corrected chi connectivity index (χ2v) is 8.40. The minimum absolute atomic E-state index is 0.283. The Morgan fingerprint density at radius 1 is 1.59 bits per heavy atom. The van der Waals surface area contributed by atoms with Gasteiger partial charge >= 0.3 is 0 Å². The largest absolute Gasteiger partial charge is 0.250 e. The monoisotopic (exact) mass is 359 g/mol. The van der Waals surface area contributed by atoms with Crippen molar-refractivity contribution < 1.29 is 8.42 Å². The first kappa shape index (κ1) is 15.4. The zero-order chi connectivity index (χ0) is 13.1. The second-order valence-electron chi connectivity index (χ2n) is 3.96. The highest BCUT2D eigenvalue weighted by Gasteiger charge is 2.18. The Labute approximate surface area is 120 Å². The molecule has 0 amide bonds. The van der Waals surface area contributed by atoms with Crippen molar-refractivity contribution in [1.29, 1.82) is 0 Å². The first-order valence-electron chi connectivity index (χ1n) is 5.18. The van der Waals surface area contributed by atoms with E-state index in [4.69, 9.17) is 11.6 Å². The van der Waals surface area contributed by atoms with Crippen molar-refractivity contribution in [2.24, 2.45) is 5.92 Å². The molecule has 0 saturated carbocycles. The molecule has 7 heteroatoms. The van der Waals surface area contributed by atoms with Gasteiger partial charge in [0.2, 0.25) is 10.0 Å². The number of alkyl halides is 1. The molecule has 1 unspecified atom stereocenters. The molecule has 1 N–H and O–H groups in total. The van der Waals surface area contributed by atoms with Gasteiger partial charge in [-0.05, 0) is 30.9 Å². The van der Waals surface area contributed by atoms with Crippen LogP contribution in [0.15, 0.2) is 10.3 Å². The van der Waals surface area contributed by atoms with Crippen LogP contribution in [-0.2, 0) is 10.0 Å². The van der Waals surface area contributed by atoms with Gasteiger partial charge in [0.25, 0.3) is 0 Å². The highest BCUT2D eigenvalue weighted by molar-refractivity contribution is 9.09. The molecule has 3 nitrogen and oxygen atoms in total. The molecule has 1 atom stereocenters. The number of hydrogen-bond donors (Lipinski definition) is 1. The number of halogens is 2. The van der Waals surface area contributed by atoms with Crippen LogP contribution in [0.25, 0.3) is 0 Å². The van der Waals surface area contributed by atoms with Crippen molar-refractivity contribution in [2.75, 3.05) is 11.9 Å². The first-order valence-corrected chi connectivity index (χ1v) is 8.98. The van der Waals surface area contributed by atoms with Crippen molar-refractivity contribution in [2.45, 2.75) is 24.5 Å². The van der Waals surface area contributed by atoms with Gasteiger partial charge < -0.3 is 0 Å². The molecule has 0 fully saturated rings. The van der Waals surface area contributed by atoms with E-state index in [0.29, 0.717) is 16.8 Å². The van der Waals surface area contributed by atoms with E-state index in [9.17, 15) is 8.42 Å². The van der Waals surface area contributed by atoms with Gasteiger partial charge in [0.1, 0.15) is 4.21 Å². The van der Waals surface area contributed by atoms with Gasteiger partial charge in [-0.15, -0.1) is 11.3 Å². The lowest BCUT2D eigenvalue weighted by Gasteiger charge is -2.10. The van der Waals surface area contributed by atoms with Crippen LogP contribution in [0.1, 0.15) is 18.9 Å². The van der Waals surface area contributed by atoms with Crippen LogP contribution >= 0.6 is 38.9 Å². The van der Waals surface area contributed by atoms with E-state index in [-0.39, 0.29) is 4.21 Å². The van der Waals surface area contributed by atoms with Gasteiger partial charge in [-0.3, -0.25) is 0 Å². The van der Waals surface area contributed by atoms with E-state index in [1.165, 1.54) is 0 Å². The van der Waals surface area contributed by atoms with Crippen molar-refractivity contribution in [3.05, 3.63) is 16.0 Å². The third kappa shape index (κ3) is 4.52. The number of hydrogen-bond acceptors (Lipinski definition) is 3. The van der Waals surface area contributed by atoms with E-state index in [1.807, 2.05) is 6.92 Å². The molecule has 0 radical (unpaired) electrons. The zero-order valence-corrected chi connectivity index (χ0v) is 13.6. The van der Waals surface area contributed by atoms with E-state index >= 15 is 0 Å². The Morgan fingerprint density at radius 3 is 2.71 bits per heavy atom. The SMILES string of the molecule is Cc1cc(S(=O)(=O)NCC(C)CCBr)sc1Cl. The molecule has 0 aliphatic carbocycles. The fourth-order valence-electron chi connectivity index (χ4n) is 1.18. The average Bonchev–Trinajstić information content (AvgIpc) is 2.58. The quantitative estimate of drug-likeness (QED) is 0.790. The minimum Gasteiger partial charge on any atom is -0.210 e. The fourth-order valence-corrected chi connectivity index (χ4v) is 4.87. The van der Waals surface area contributed by atoms with Crippen LogP contribution in [0.2, 0.25) is 4.34 Å². The van der Waals surface area contributed by atoms with Crippen molar-refractivity contribution in [3.8, 4) is 0 Å². The Bertz CT molecular complexity index is 453. The number of thiophene rings is 1.